The highest BCUT2D eigenvalue weighted by molar-refractivity contribution is 5.18. The monoisotopic (exact) mass is 269 g/mol. The molecule has 3 nitrogen and oxygen atoms in total. The summed E-state index contributed by atoms with van der Waals surface area (Å²) < 4.78 is 0. The van der Waals surface area contributed by atoms with Crippen LogP contribution >= 0.6 is 0 Å². The maximum atomic E-state index is 5.94. The van der Waals surface area contributed by atoms with Crippen LogP contribution in [0, 0.1) is 6.92 Å². The summed E-state index contributed by atoms with van der Waals surface area (Å²) >= 11 is 0. The number of aryl methyl sites for hydroxylation is 1. The van der Waals surface area contributed by atoms with E-state index < -0.39 is 0 Å². The lowest BCUT2D eigenvalue weighted by Crippen LogP contribution is -2.32. The number of likely N-dealkylation sites (N-methyl/N-ethyl adjacent to an activating group) is 1. The Balaban J connectivity index is 1.98. The predicted molar refractivity (Wildman–Crippen MR) is 83.5 cm³/mol. The first-order valence-electron chi connectivity index (χ1n) is 7.07. The molecule has 0 spiro atoms. The Morgan fingerprint density at radius 2 is 1.90 bits per heavy atom. The summed E-state index contributed by atoms with van der Waals surface area (Å²) in [6.07, 6.45) is 2.97. The fourth-order valence-electron chi connectivity index (χ4n) is 2.35. The first-order chi connectivity index (χ1) is 9.70. The molecule has 1 atom stereocenters. The molecule has 0 aliphatic rings. The van der Waals surface area contributed by atoms with Crippen molar-refractivity contribution in [1.29, 1.82) is 0 Å². The van der Waals surface area contributed by atoms with Gasteiger partial charge in [-0.1, -0.05) is 36.4 Å². The molecule has 0 bridgehead atoms. The number of aromatic nitrogens is 1. The van der Waals surface area contributed by atoms with Crippen molar-refractivity contribution in [3.8, 4) is 0 Å². The number of benzene rings is 1. The number of nitrogens with zero attached hydrogens (tertiary/aromatic N) is 2. The van der Waals surface area contributed by atoms with Crippen molar-refractivity contribution in [1.82, 2.24) is 9.88 Å². The summed E-state index contributed by atoms with van der Waals surface area (Å²) in [6, 6.07) is 14.9. The van der Waals surface area contributed by atoms with Crippen molar-refractivity contribution in [3.05, 3.63) is 65.5 Å². The van der Waals surface area contributed by atoms with Crippen LogP contribution in [0.5, 0.6) is 0 Å². The number of pyridine rings is 1. The van der Waals surface area contributed by atoms with E-state index in [0.717, 1.165) is 18.7 Å². The van der Waals surface area contributed by atoms with E-state index in [1.54, 1.807) is 0 Å². The van der Waals surface area contributed by atoms with Crippen LogP contribution in [0.1, 0.15) is 22.9 Å². The molecule has 2 aromatic rings. The third-order valence-corrected chi connectivity index (χ3v) is 3.67. The summed E-state index contributed by atoms with van der Waals surface area (Å²) in [5, 5.41) is 0. The van der Waals surface area contributed by atoms with Crippen LogP contribution in [0.4, 0.5) is 0 Å². The van der Waals surface area contributed by atoms with E-state index in [0.29, 0.717) is 6.54 Å². The van der Waals surface area contributed by atoms with Crippen LogP contribution in [0.2, 0.25) is 0 Å². The molecule has 0 aliphatic heterocycles. The SMILES string of the molecule is Cc1ccc(C(CN)N(C)CCc2ccccc2)cn1. The molecule has 20 heavy (non-hydrogen) atoms. The average Bonchev–Trinajstić information content (AvgIpc) is 2.49. The van der Waals surface area contributed by atoms with Gasteiger partial charge in [-0.15, -0.1) is 0 Å². The highest BCUT2D eigenvalue weighted by Crippen LogP contribution is 2.18. The Bertz CT molecular complexity index is 508. The summed E-state index contributed by atoms with van der Waals surface area (Å²) in [5.74, 6) is 0. The number of rotatable bonds is 6. The number of hydrogen-bond acceptors (Lipinski definition) is 3. The van der Waals surface area contributed by atoms with E-state index in [9.17, 15) is 0 Å². The molecule has 0 amide bonds. The van der Waals surface area contributed by atoms with Crippen molar-refractivity contribution in [3.63, 3.8) is 0 Å². The maximum absolute atomic E-state index is 5.94. The topological polar surface area (TPSA) is 42.1 Å². The van der Waals surface area contributed by atoms with Gasteiger partial charge in [-0.25, -0.2) is 0 Å². The molecule has 2 rings (SSSR count). The molecule has 0 saturated carbocycles. The lowest BCUT2D eigenvalue weighted by molar-refractivity contribution is 0.253. The molecule has 3 heteroatoms. The third-order valence-electron chi connectivity index (χ3n) is 3.67. The average molecular weight is 269 g/mol. The van der Waals surface area contributed by atoms with Gasteiger partial charge in [-0.05, 0) is 37.6 Å². The zero-order valence-electron chi connectivity index (χ0n) is 12.3. The van der Waals surface area contributed by atoms with E-state index in [1.807, 2.05) is 25.3 Å². The second-order valence-corrected chi connectivity index (χ2v) is 5.20. The molecule has 1 heterocycles. The van der Waals surface area contributed by atoms with Gasteiger partial charge in [0.05, 0.1) is 0 Å². The van der Waals surface area contributed by atoms with Crippen LogP contribution in [-0.4, -0.2) is 30.0 Å². The van der Waals surface area contributed by atoms with Crippen LogP contribution < -0.4 is 5.73 Å². The first kappa shape index (κ1) is 14.7. The Morgan fingerprint density at radius 3 is 2.50 bits per heavy atom. The van der Waals surface area contributed by atoms with Gasteiger partial charge in [0, 0.05) is 31.0 Å². The highest BCUT2D eigenvalue weighted by Gasteiger charge is 2.15. The fourth-order valence-corrected chi connectivity index (χ4v) is 2.35. The van der Waals surface area contributed by atoms with Crippen molar-refractivity contribution in [2.75, 3.05) is 20.1 Å². The lowest BCUT2D eigenvalue weighted by atomic mass is 10.1. The lowest BCUT2D eigenvalue weighted by Gasteiger charge is -2.27. The maximum Gasteiger partial charge on any atom is 0.0482 e. The van der Waals surface area contributed by atoms with Crippen molar-refractivity contribution in [2.24, 2.45) is 5.73 Å². The van der Waals surface area contributed by atoms with Gasteiger partial charge >= 0.3 is 0 Å². The molecule has 1 aromatic heterocycles. The van der Waals surface area contributed by atoms with Crippen molar-refractivity contribution >= 4 is 0 Å². The molecule has 0 aliphatic carbocycles. The Hall–Kier alpha value is -1.71. The smallest absolute Gasteiger partial charge is 0.0482 e. The largest absolute Gasteiger partial charge is 0.329 e. The molecule has 106 valence electrons. The van der Waals surface area contributed by atoms with E-state index in [2.05, 4.69) is 47.3 Å². The minimum atomic E-state index is 0.229. The standard InChI is InChI=1S/C17H23N3/c1-14-8-9-16(13-19-14)17(12-18)20(2)11-10-15-6-4-3-5-7-15/h3-9,13,17H,10-12,18H2,1-2H3. The zero-order chi connectivity index (χ0) is 14.4. The van der Waals surface area contributed by atoms with Crippen LogP contribution in [0.25, 0.3) is 0 Å². The van der Waals surface area contributed by atoms with Crippen LogP contribution in [0.15, 0.2) is 48.7 Å². The van der Waals surface area contributed by atoms with Gasteiger partial charge in [-0.3, -0.25) is 9.88 Å². The van der Waals surface area contributed by atoms with E-state index in [4.69, 9.17) is 5.73 Å². The highest BCUT2D eigenvalue weighted by atomic mass is 15.1. The molecule has 0 saturated heterocycles. The van der Waals surface area contributed by atoms with Gasteiger partial charge in [0.15, 0.2) is 0 Å². The zero-order valence-corrected chi connectivity index (χ0v) is 12.3. The number of nitrogens with two attached hydrogens (primary N) is 1. The number of hydrogen-bond donors (Lipinski definition) is 1. The summed E-state index contributed by atoms with van der Waals surface area (Å²) in [4.78, 5) is 6.67. The van der Waals surface area contributed by atoms with Gasteiger partial charge in [0.2, 0.25) is 0 Å². The molecule has 0 radical (unpaired) electrons. The Labute approximate surface area is 121 Å². The molecule has 1 aromatic carbocycles. The van der Waals surface area contributed by atoms with Crippen molar-refractivity contribution in [2.45, 2.75) is 19.4 Å². The molecule has 0 fully saturated rings. The molecular weight excluding hydrogens is 246 g/mol. The summed E-state index contributed by atoms with van der Waals surface area (Å²) in [7, 11) is 2.13. The summed E-state index contributed by atoms with van der Waals surface area (Å²) in [5.41, 5.74) is 9.53. The Kier molecular flexibility index (Phi) is 5.27. The van der Waals surface area contributed by atoms with E-state index in [1.165, 1.54) is 11.1 Å². The van der Waals surface area contributed by atoms with Crippen LogP contribution in [0.3, 0.4) is 0 Å². The van der Waals surface area contributed by atoms with E-state index >= 15 is 0 Å². The van der Waals surface area contributed by atoms with Gasteiger partial charge in [-0.2, -0.15) is 0 Å². The normalized spacial score (nSPS) is 12.6. The van der Waals surface area contributed by atoms with Gasteiger partial charge in [0.25, 0.3) is 0 Å². The summed E-state index contributed by atoms with van der Waals surface area (Å²) in [6.45, 7) is 3.59. The second-order valence-electron chi connectivity index (χ2n) is 5.20. The minimum absolute atomic E-state index is 0.229. The minimum Gasteiger partial charge on any atom is -0.329 e. The van der Waals surface area contributed by atoms with Gasteiger partial charge < -0.3 is 5.73 Å². The fraction of sp³-hybridized carbons (Fsp3) is 0.353. The van der Waals surface area contributed by atoms with E-state index in [-0.39, 0.29) is 6.04 Å². The quantitative estimate of drug-likeness (QED) is 0.876. The third kappa shape index (κ3) is 3.89. The van der Waals surface area contributed by atoms with Gasteiger partial charge in [0.1, 0.15) is 0 Å². The van der Waals surface area contributed by atoms with Crippen LogP contribution in [-0.2, 0) is 6.42 Å². The second kappa shape index (κ2) is 7.17. The molecular formula is C17H23N3. The Morgan fingerprint density at radius 1 is 1.15 bits per heavy atom. The van der Waals surface area contributed by atoms with Crippen molar-refractivity contribution < 1.29 is 0 Å². The first-order valence-corrected chi connectivity index (χ1v) is 7.07. The molecule has 1 unspecified atom stereocenters. The molecule has 2 N–H and O–H groups in total. The predicted octanol–water partition coefficient (Wildman–Crippen LogP) is 2.56.